The second kappa shape index (κ2) is 4.56. The van der Waals surface area contributed by atoms with Gasteiger partial charge in [0.2, 0.25) is 0 Å². The monoisotopic (exact) mass is 203 g/mol. The van der Waals surface area contributed by atoms with E-state index in [0.717, 1.165) is 18.5 Å². The van der Waals surface area contributed by atoms with Crippen molar-refractivity contribution in [1.82, 2.24) is 4.98 Å². The van der Waals surface area contributed by atoms with E-state index in [4.69, 9.17) is 0 Å². The van der Waals surface area contributed by atoms with Gasteiger partial charge < -0.3 is 0 Å². The number of ketones is 1. The Balaban J connectivity index is 1.88. The summed E-state index contributed by atoms with van der Waals surface area (Å²) in [5.41, 5.74) is 2.14. The van der Waals surface area contributed by atoms with Crippen LogP contribution in [0.25, 0.3) is 0 Å². The van der Waals surface area contributed by atoms with E-state index in [0.29, 0.717) is 18.1 Å². The average Bonchev–Trinajstić information content (AvgIpc) is 3.03. The van der Waals surface area contributed by atoms with Crippen LogP contribution in [-0.2, 0) is 17.6 Å². The summed E-state index contributed by atoms with van der Waals surface area (Å²) in [6, 6.07) is 4.04. The molecule has 0 radical (unpaired) electrons. The Bertz CT molecular complexity index is 338. The summed E-state index contributed by atoms with van der Waals surface area (Å²) in [7, 11) is 0. The van der Waals surface area contributed by atoms with Crippen molar-refractivity contribution in [3.8, 4) is 0 Å². The first kappa shape index (κ1) is 10.3. The summed E-state index contributed by atoms with van der Waals surface area (Å²) in [5, 5.41) is 0. The lowest BCUT2D eigenvalue weighted by Crippen LogP contribution is -2.05. The van der Waals surface area contributed by atoms with Crippen molar-refractivity contribution in [1.29, 1.82) is 0 Å². The fraction of sp³-hybridized carbons (Fsp3) is 0.538. The quantitative estimate of drug-likeness (QED) is 0.736. The lowest BCUT2D eigenvalue weighted by atomic mass is 10.1. The Morgan fingerprint density at radius 1 is 1.47 bits per heavy atom. The van der Waals surface area contributed by atoms with E-state index in [1.54, 1.807) is 0 Å². The van der Waals surface area contributed by atoms with Crippen molar-refractivity contribution in [2.45, 2.75) is 39.0 Å². The molecule has 0 spiro atoms. The Labute approximate surface area is 90.7 Å². The minimum Gasteiger partial charge on any atom is -0.299 e. The summed E-state index contributed by atoms with van der Waals surface area (Å²) in [6.45, 7) is 2.11. The van der Waals surface area contributed by atoms with Crippen molar-refractivity contribution < 1.29 is 4.79 Å². The van der Waals surface area contributed by atoms with E-state index < -0.39 is 0 Å². The number of Topliss-reactive ketones (excluding diaryl/α,β-unsaturated/α-hetero) is 1. The molecule has 0 saturated heterocycles. The maximum absolute atomic E-state index is 11.6. The van der Waals surface area contributed by atoms with Gasteiger partial charge in [-0.1, -0.05) is 13.0 Å². The van der Waals surface area contributed by atoms with Crippen LogP contribution in [0.4, 0.5) is 0 Å². The van der Waals surface area contributed by atoms with Crippen LogP contribution in [0.2, 0.25) is 0 Å². The Morgan fingerprint density at radius 2 is 2.27 bits per heavy atom. The molecule has 1 aromatic rings. The molecule has 0 N–H and O–H groups in total. The highest BCUT2D eigenvalue weighted by molar-refractivity contribution is 5.80. The second-order valence-electron chi connectivity index (χ2n) is 4.37. The molecule has 2 nitrogen and oxygen atoms in total. The zero-order chi connectivity index (χ0) is 10.7. The van der Waals surface area contributed by atoms with Crippen LogP contribution in [0.5, 0.6) is 0 Å². The maximum Gasteiger partial charge on any atom is 0.139 e. The minimum absolute atomic E-state index is 0.342. The van der Waals surface area contributed by atoms with Crippen molar-refractivity contribution >= 4 is 5.78 Å². The fourth-order valence-electron chi connectivity index (χ4n) is 1.69. The zero-order valence-corrected chi connectivity index (χ0v) is 9.20. The second-order valence-corrected chi connectivity index (χ2v) is 4.37. The van der Waals surface area contributed by atoms with E-state index >= 15 is 0 Å². The van der Waals surface area contributed by atoms with E-state index in [1.807, 2.05) is 12.3 Å². The average molecular weight is 203 g/mol. The first-order valence-electron chi connectivity index (χ1n) is 5.73. The largest absolute Gasteiger partial charge is 0.299 e. The van der Waals surface area contributed by atoms with E-state index in [1.165, 1.54) is 18.4 Å². The topological polar surface area (TPSA) is 30.0 Å². The van der Waals surface area contributed by atoms with Crippen molar-refractivity contribution in [2.24, 2.45) is 5.92 Å². The summed E-state index contributed by atoms with van der Waals surface area (Å²) in [4.78, 5) is 15.9. The van der Waals surface area contributed by atoms with Crippen LogP contribution in [-0.4, -0.2) is 10.8 Å². The van der Waals surface area contributed by atoms with Gasteiger partial charge in [0, 0.05) is 24.7 Å². The van der Waals surface area contributed by atoms with Crippen LogP contribution in [0.1, 0.15) is 37.4 Å². The molecule has 1 fully saturated rings. The highest BCUT2D eigenvalue weighted by Crippen LogP contribution is 2.32. The third kappa shape index (κ3) is 3.15. The SMILES string of the molecule is CCc1ccc(CC(=O)CC2CC2)nc1. The van der Waals surface area contributed by atoms with Gasteiger partial charge in [-0.25, -0.2) is 0 Å². The van der Waals surface area contributed by atoms with Crippen molar-refractivity contribution in [3.63, 3.8) is 0 Å². The normalized spacial score (nSPS) is 15.3. The van der Waals surface area contributed by atoms with Crippen LogP contribution in [0, 0.1) is 5.92 Å². The number of pyridine rings is 1. The van der Waals surface area contributed by atoms with Crippen molar-refractivity contribution in [3.05, 3.63) is 29.6 Å². The summed E-state index contributed by atoms with van der Waals surface area (Å²) < 4.78 is 0. The lowest BCUT2D eigenvalue weighted by Gasteiger charge is -2.01. The maximum atomic E-state index is 11.6. The zero-order valence-electron chi connectivity index (χ0n) is 9.20. The Hall–Kier alpha value is -1.18. The number of hydrogen-bond acceptors (Lipinski definition) is 2. The Morgan fingerprint density at radius 3 is 2.80 bits per heavy atom. The minimum atomic E-state index is 0.342. The predicted octanol–water partition coefficient (Wildman–Crippen LogP) is 2.56. The molecule has 2 rings (SSSR count). The number of rotatable bonds is 5. The van der Waals surface area contributed by atoms with E-state index in [9.17, 15) is 4.79 Å². The summed E-state index contributed by atoms with van der Waals surface area (Å²) in [5.74, 6) is 1.03. The molecule has 1 aliphatic carbocycles. The lowest BCUT2D eigenvalue weighted by molar-refractivity contribution is -0.118. The molecule has 0 aromatic carbocycles. The van der Waals surface area contributed by atoms with Gasteiger partial charge in [0.25, 0.3) is 0 Å². The molecule has 1 aliphatic rings. The van der Waals surface area contributed by atoms with Crippen LogP contribution in [0.15, 0.2) is 18.3 Å². The van der Waals surface area contributed by atoms with Crippen molar-refractivity contribution in [2.75, 3.05) is 0 Å². The van der Waals surface area contributed by atoms with Gasteiger partial charge in [0.1, 0.15) is 5.78 Å². The molecule has 0 amide bonds. The number of carbonyl (C=O) groups is 1. The molecular weight excluding hydrogens is 186 g/mol. The molecule has 0 bridgehead atoms. The number of hydrogen-bond donors (Lipinski definition) is 0. The van der Waals surface area contributed by atoms with Crippen LogP contribution < -0.4 is 0 Å². The molecule has 80 valence electrons. The fourth-order valence-corrected chi connectivity index (χ4v) is 1.69. The molecule has 0 atom stereocenters. The third-order valence-electron chi connectivity index (χ3n) is 2.89. The summed E-state index contributed by atoms with van der Waals surface area (Å²) in [6.07, 6.45) is 6.64. The van der Waals surface area contributed by atoms with Gasteiger partial charge in [-0.2, -0.15) is 0 Å². The standard InChI is InChI=1S/C13H17NO/c1-2-10-5-6-12(14-9-10)8-13(15)7-11-3-4-11/h5-6,9,11H,2-4,7-8H2,1H3. The molecular formula is C13H17NO. The molecule has 0 aliphatic heterocycles. The highest BCUT2D eigenvalue weighted by atomic mass is 16.1. The number of carbonyl (C=O) groups excluding carboxylic acids is 1. The van der Waals surface area contributed by atoms with E-state index in [2.05, 4.69) is 18.0 Å². The highest BCUT2D eigenvalue weighted by Gasteiger charge is 2.24. The smallest absolute Gasteiger partial charge is 0.139 e. The van der Waals surface area contributed by atoms with Gasteiger partial charge in [-0.15, -0.1) is 0 Å². The third-order valence-corrected chi connectivity index (χ3v) is 2.89. The molecule has 1 heterocycles. The number of aryl methyl sites for hydroxylation is 1. The van der Waals surface area contributed by atoms with Gasteiger partial charge in [-0.05, 0) is 36.8 Å². The van der Waals surface area contributed by atoms with Gasteiger partial charge in [-0.3, -0.25) is 9.78 Å². The first-order valence-corrected chi connectivity index (χ1v) is 5.73. The molecule has 2 heteroatoms. The van der Waals surface area contributed by atoms with E-state index in [-0.39, 0.29) is 0 Å². The molecule has 0 unspecified atom stereocenters. The Kier molecular flexibility index (Phi) is 3.14. The van der Waals surface area contributed by atoms with Crippen LogP contribution in [0.3, 0.4) is 0 Å². The number of aromatic nitrogens is 1. The molecule has 15 heavy (non-hydrogen) atoms. The van der Waals surface area contributed by atoms with Crippen LogP contribution >= 0.6 is 0 Å². The van der Waals surface area contributed by atoms with Gasteiger partial charge >= 0.3 is 0 Å². The number of nitrogens with zero attached hydrogens (tertiary/aromatic N) is 1. The molecule has 1 aromatic heterocycles. The van der Waals surface area contributed by atoms with Gasteiger partial charge in [0.15, 0.2) is 0 Å². The predicted molar refractivity (Wildman–Crippen MR) is 59.7 cm³/mol. The van der Waals surface area contributed by atoms with Gasteiger partial charge in [0.05, 0.1) is 0 Å². The summed E-state index contributed by atoms with van der Waals surface area (Å²) >= 11 is 0. The first-order chi connectivity index (χ1) is 7.28. The molecule has 1 saturated carbocycles.